The number of carbonyl (C=O) groups is 1. The van der Waals surface area contributed by atoms with E-state index < -0.39 is 10.0 Å². The normalized spacial score (nSPS) is 17.2. The predicted octanol–water partition coefficient (Wildman–Crippen LogP) is 2.88. The lowest BCUT2D eigenvalue weighted by Crippen LogP contribution is -2.45. The van der Waals surface area contributed by atoms with Gasteiger partial charge >= 0.3 is 0 Å². The minimum atomic E-state index is -3.55. The van der Waals surface area contributed by atoms with E-state index in [-0.39, 0.29) is 22.8 Å². The summed E-state index contributed by atoms with van der Waals surface area (Å²) in [5.41, 5.74) is 1.07. The molecule has 6 nitrogen and oxygen atoms in total. The molecule has 0 saturated carbocycles. The Morgan fingerprint density at radius 2 is 2.04 bits per heavy atom. The third kappa shape index (κ3) is 5.10. The number of carbonyl (C=O) groups excluding carboxylic acids is 1. The Bertz CT molecular complexity index is 913. The summed E-state index contributed by atoms with van der Waals surface area (Å²) in [5, 5.41) is 3.72. The van der Waals surface area contributed by atoms with Crippen LogP contribution in [0.4, 0.5) is 0 Å². The second-order valence-electron chi connectivity index (χ2n) is 7.11. The molecule has 0 bridgehead atoms. The first-order chi connectivity index (χ1) is 13.4. The highest BCUT2D eigenvalue weighted by atomic mass is 35.5. The van der Waals surface area contributed by atoms with Crippen molar-refractivity contribution in [2.75, 3.05) is 13.1 Å². The molecule has 28 heavy (non-hydrogen) atoms. The van der Waals surface area contributed by atoms with Crippen molar-refractivity contribution < 1.29 is 13.2 Å². The van der Waals surface area contributed by atoms with Crippen molar-refractivity contribution in [3.63, 3.8) is 0 Å². The van der Waals surface area contributed by atoms with Crippen LogP contribution in [0.15, 0.2) is 53.7 Å². The van der Waals surface area contributed by atoms with Gasteiger partial charge in [-0.15, -0.1) is 0 Å². The van der Waals surface area contributed by atoms with E-state index in [9.17, 15) is 13.2 Å². The maximum Gasteiger partial charge on any atom is 0.244 e. The Morgan fingerprint density at radius 1 is 1.29 bits per heavy atom. The van der Waals surface area contributed by atoms with Crippen LogP contribution in [0.1, 0.15) is 25.3 Å². The number of hydrogen-bond donors (Lipinski definition) is 1. The molecule has 1 aliphatic rings. The average Bonchev–Trinajstić information content (AvgIpc) is 2.68. The van der Waals surface area contributed by atoms with Gasteiger partial charge in [0.05, 0.1) is 0 Å². The number of nitrogens with zero attached hydrogens (tertiary/aromatic N) is 2. The van der Waals surface area contributed by atoms with Crippen molar-refractivity contribution in [2.45, 2.75) is 37.1 Å². The predicted molar refractivity (Wildman–Crippen MR) is 108 cm³/mol. The van der Waals surface area contributed by atoms with Gasteiger partial charge in [-0.05, 0) is 56.0 Å². The largest absolute Gasteiger partial charge is 0.353 e. The van der Waals surface area contributed by atoms with Crippen molar-refractivity contribution >= 4 is 27.5 Å². The number of sulfonamides is 1. The van der Waals surface area contributed by atoms with Crippen LogP contribution in [0, 0.1) is 5.92 Å². The molecule has 150 valence electrons. The smallest absolute Gasteiger partial charge is 0.244 e. The summed E-state index contributed by atoms with van der Waals surface area (Å²) < 4.78 is 26.7. The monoisotopic (exact) mass is 421 g/mol. The van der Waals surface area contributed by atoms with Crippen LogP contribution >= 0.6 is 11.6 Å². The zero-order valence-electron chi connectivity index (χ0n) is 15.7. The van der Waals surface area contributed by atoms with Crippen molar-refractivity contribution in [1.82, 2.24) is 14.6 Å². The average molecular weight is 422 g/mol. The number of pyridine rings is 1. The maximum atomic E-state index is 12.6. The summed E-state index contributed by atoms with van der Waals surface area (Å²) >= 11 is 6.01. The highest BCUT2D eigenvalue weighted by Gasteiger charge is 2.32. The summed E-state index contributed by atoms with van der Waals surface area (Å²) in [7, 11) is -3.55. The Morgan fingerprint density at radius 3 is 2.68 bits per heavy atom. The Labute approximate surface area is 171 Å². The number of benzene rings is 1. The van der Waals surface area contributed by atoms with E-state index in [1.807, 2.05) is 31.2 Å². The first-order valence-electron chi connectivity index (χ1n) is 9.31. The van der Waals surface area contributed by atoms with E-state index in [1.165, 1.54) is 10.5 Å². The number of piperidine rings is 1. The molecule has 1 aromatic heterocycles. The van der Waals surface area contributed by atoms with Crippen molar-refractivity contribution in [3.05, 3.63) is 59.4 Å². The lowest BCUT2D eigenvalue weighted by atomic mass is 9.96. The molecule has 0 aliphatic carbocycles. The lowest BCUT2D eigenvalue weighted by Gasteiger charge is -2.31. The lowest BCUT2D eigenvalue weighted by molar-refractivity contribution is -0.126. The Hall–Kier alpha value is -1.96. The van der Waals surface area contributed by atoms with E-state index in [0.29, 0.717) is 37.4 Å². The fraction of sp³-hybridized carbons (Fsp3) is 0.400. The number of amides is 1. The van der Waals surface area contributed by atoms with Gasteiger partial charge in [0.25, 0.3) is 0 Å². The van der Waals surface area contributed by atoms with Crippen LogP contribution in [-0.4, -0.2) is 42.7 Å². The molecule has 1 amide bonds. The van der Waals surface area contributed by atoms with E-state index in [4.69, 9.17) is 11.6 Å². The number of rotatable bonds is 6. The standard InChI is InChI=1S/C20H24ClN3O3S/c1-15(12-16-4-2-5-18(21)13-16)23-20(25)17-7-10-24(11-8-17)28(26,27)19-6-3-9-22-14-19/h2-6,9,13-15,17H,7-8,10-12H2,1H3,(H,23,25). The fourth-order valence-corrected chi connectivity index (χ4v) is 5.08. The molecule has 3 rings (SSSR count). The molecule has 1 atom stereocenters. The second kappa shape index (κ2) is 9.03. The third-order valence-corrected chi connectivity index (χ3v) is 7.03. The highest BCUT2D eigenvalue weighted by molar-refractivity contribution is 7.89. The molecule has 8 heteroatoms. The van der Waals surface area contributed by atoms with Gasteiger partial charge in [0.2, 0.25) is 15.9 Å². The zero-order valence-corrected chi connectivity index (χ0v) is 17.3. The highest BCUT2D eigenvalue weighted by Crippen LogP contribution is 2.23. The van der Waals surface area contributed by atoms with Gasteiger partial charge in [-0.3, -0.25) is 9.78 Å². The van der Waals surface area contributed by atoms with Gasteiger partial charge < -0.3 is 5.32 Å². The van der Waals surface area contributed by atoms with Gasteiger partial charge in [0.1, 0.15) is 4.90 Å². The van der Waals surface area contributed by atoms with E-state index in [1.54, 1.807) is 18.3 Å². The quantitative estimate of drug-likeness (QED) is 0.777. The van der Waals surface area contributed by atoms with Crippen molar-refractivity contribution in [3.8, 4) is 0 Å². The SMILES string of the molecule is CC(Cc1cccc(Cl)c1)NC(=O)C1CCN(S(=O)(=O)c2cccnc2)CC1. The molecule has 1 unspecified atom stereocenters. The first kappa shape index (κ1) is 20.8. The summed E-state index contributed by atoms with van der Waals surface area (Å²) in [4.78, 5) is 16.6. The Kier molecular flexibility index (Phi) is 6.69. The molecule has 1 N–H and O–H groups in total. The zero-order chi connectivity index (χ0) is 20.1. The van der Waals surface area contributed by atoms with Gasteiger partial charge in [0.15, 0.2) is 0 Å². The molecule has 1 fully saturated rings. The molecule has 0 spiro atoms. The summed E-state index contributed by atoms with van der Waals surface area (Å²) in [5.74, 6) is -0.199. The molecule has 1 aromatic carbocycles. The van der Waals surface area contributed by atoms with Crippen molar-refractivity contribution in [1.29, 1.82) is 0 Å². The third-order valence-electron chi connectivity index (χ3n) is 4.92. The van der Waals surface area contributed by atoms with Crippen molar-refractivity contribution in [2.24, 2.45) is 5.92 Å². The summed E-state index contributed by atoms with van der Waals surface area (Å²) in [6, 6.07) is 10.7. The Balaban J connectivity index is 1.52. The van der Waals surface area contributed by atoms with Gasteiger partial charge in [-0.1, -0.05) is 23.7 Å². The number of hydrogen-bond acceptors (Lipinski definition) is 4. The summed E-state index contributed by atoms with van der Waals surface area (Å²) in [6.07, 6.45) is 4.61. The van der Waals surface area contributed by atoms with Crippen LogP contribution in [-0.2, 0) is 21.2 Å². The minimum Gasteiger partial charge on any atom is -0.353 e. The second-order valence-corrected chi connectivity index (χ2v) is 9.49. The van der Waals surface area contributed by atoms with Gasteiger partial charge in [-0.25, -0.2) is 8.42 Å². The van der Waals surface area contributed by atoms with Gasteiger partial charge in [0, 0.05) is 42.5 Å². The van der Waals surface area contributed by atoms with Crippen LogP contribution in [0.3, 0.4) is 0 Å². The van der Waals surface area contributed by atoms with E-state index in [2.05, 4.69) is 10.3 Å². The molecule has 1 saturated heterocycles. The minimum absolute atomic E-state index is 0.0204. The van der Waals surface area contributed by atoms with Crippen LogP contribution < -0.4 is 5.32 Å². The molecule has 2 aromatic rings. The molecular formula is C20H24ClN3O3S. The maximum absolute atomic E-state index is 12.6. The first-order valence-corrected chi connectivity index (χ1v) is 11.1. The molecule has 2 heterocycles. The number of aromatic nitrogens is 1. The number of halogens is 1. The van der Waals surface area contributed by atoms with Crippen LogP contribution in [0.2, 0.25) is 5.02 Å². The van der Waals surface area contributed by atoms with E-state index in [0.717, 1.165) is 5.56 Å². The molecular weight excluding hydrogens is 398 g/mol. The summed E-state index contributed by atoms with van der Waals surface area (Å²) in [6.45, 7) is 2.62. The van der Waals surface area contributed by atoms with Crippen LogP contribution in [0.5, 0.6) is 0 Å². The van der Waals surface area contributed by atoms with E-state index >= 15 is 0 Å². The topological polar surface area (TPSA) is 79.4 Å². The fourth-order valence-electron chi connectivity index (χ4n) is 3.44. The molecule has 0 radical (unpaired) electrons. The molecule has 1 aliphatic heterocycles. The van der Waals surface area contributed by atoms with Crippen LogP contribution in [0.25, 0.3) is 0 Å². The number of nitrogens with one attached hydrogen (secondary N) is 1. The van der Waals surface area contributed by atoms with Gasteiger partial charge in [-0.2, -0.15) is 4.31 Å².